The third-order valence-corrected chi connectivity index (χ3v) is 4.45. The van der Waals surface area contributed by atoms with Crippen molar-refractivity contribution in [2.24, 2.45) is 0 Å². The Morgan fingerprint density at radius 3 is 2.24 bits per heavy atom. The van der Waals surface area contributed by atoms with Crippen LogP contribution in [0.5, 0.6) is 0 Å². The molecule has 0 unspecified atom stereocenters. The zero-order chi connectivity index (χ0) is 17.2. The first kappa shape index (κ1) is 15.2. The van der Waals surface area contributed by atoms with E-state index >= 15 is 0 Å². The van der Waals surface area contributed by atoms with Gasteiger partial charge >= 0.3 is 0 Å². The molecule has 4 aromatic rings. The number of rotatable bonds is 3. The average Bonchev–Trinajstić information content (AvgIpc) is 3.03. The molecular formula is C22H17N3. The van der Waals surface area contributed by atoms with Crippen LogP contribution in [-0.2, 0) is 6.42 Å². The molecule has 0 spiro atoms. The van der Waals surface area contributed by atoms with Crippen molar-refractivity contribution in [3.63, 3.8) is 0 Å². The summed E-state index contributed by atoms with van der Waals surface area (Å²) in [5.74, 6) is 0. The van der Waals surface area contributed by atoms with Crippen molar-refractivity contribution in [1.29, 1.82) is 5.26 Å². The molecule has 0 aliphatic rings. The molecule has 0 bridgehead atoms. The van der Waals surface area contributed by atoms with Crippen molar-refractivity contribution < 1.29 is 0 Å². The van der Waals surface area contributed by atoms with Gasteiger partial charge in [0.05, 0.1) is 23.9 Å². The Kier molecular flexibility index (Phi) is 3.80. The Bertz CT molecular complexity index is 1070. The highest BCUT2D eigenvalue weighted by molar-refractivity contribution is 5.72. The van der Waals surface area contributed by atoms with Crippen molar-refractivity contribution in [1.82, 2.24) is 9.38 Å². The Balaban J connectivity index is 1.83. The fourth-order valence-corrected chi connectivity index (χ4v) is 3.25. The summed E-state index contributed by atoms with van der Waals surface area (Å²) in [6, 6.07) is 27.0. The molecule has 2 aromatic carbocycles. The van der Waals surface area contributed by atoms with Crippen LogP contribution in [0.1, 0.15) is 11.4 Å². The first-order valence-corrected chi connectivity index (χ1v) is 8.27. The minimum absolute atomic E-state index is 0.335. The lowest BCUT2D eigenvalue weighted by Crippen LogP contribution is -1.97. The van der Waals surface area contributed by atoms with E-state index in [2.05, 4.69) is 46.9 Å². The summed E-state index contributed by atoms with van der Waals surface area (Å²) in [6.45, 7) is 2.04. The van der Waals surface area contributed by atoms with Crippen LogP contribution in [0.2, 0.25) is 0 Å². The van der Waals surface area contributed by atoms with Crippen molar-refractivity contribution in [2.45, 2.75) is 13.3 Å². The predicted octanol–water partition coefficient (Wildman–Crippen LogP) is 5.04. The van der Waals surface area contributed by atoms with E-state index in [9.17, 15) is 5.26 Å². The lowest BCUT2D eigenvalue weighted by molar-refractivity contribution is 1.00. The number of hydrogen-bond donors (Lipinski definition) is 0. The van der Waals surface area contributed by atoms with Crippen LogP contribution in [0, 0.1) is 18.3 Å². The highest BCUT2D eigenvalue weighted by Gasteiger charge is 2.15. The van der Waals surface area contributed by atoms with Crippen molar-refractivity contribution in [2.75, 3.05) is 0 Å². The van der Waals surface area contributed by atoms with Gasteiger partial charge in [-0.1, -0.05) is 60.7 Å². The number of pyridine rings is 1. The van der Waals surface area contributed by atoms with Crippen molar-refractivity contribution >= 4 is 5.65 Å². The summed E-state index contributed by atoms with van der Waals surface area (Å²) in [5.41, 5.74) is 7.20. The summed E-state index contributed by atoms with van der Waals surface area (Å²) >= 11 is 0. The van der Waals surface area contributed by atoms with Crippen LogP contribution < -0.4 is 0 Å². The maximum atomic E-state index is 9.26. The molecule has 0 atom stereocenters. The summed E-state index contributed by atoms with van der Waals surface area (Å²) in [5, 5.41) is 9.26. The molecule has 25 heavy (non-hydrogen) atoms. The molecule has 0 aliphatic carbocycles. The van der Waals surface area contributed by atoms with Crippen LogP contribution in [0.25, 0.3) is 28.0 Å². The van der Waals surface area contributed by atoms with Crippen LogP contribution in [0.3, 0.4) is 0 Å². The third-order valence-electron chi connectivity index (χ3n) is 4.45. The number of nitriles is 1. The highest BCUT2D eigenvalue weighted by Crippen LogP contribution is 2.28. The van der Waals surface area contributed by atoms with Crippen molar-refractivity contribution in [3.05, 3.63) is 84.2 Å². The minimum Gasteiger partial charge on any atom is -0.300 e. The zero-order valence-corrected chi connectivity index (χ0v) is 14.0. The Hall–Kier alpha value is -3.38. The number of aromatic nitrogens is 2. The SMILES string of the molecule is Cc1cccc2nc(-c3ccc(-c4ccccc4)cc3)c(CC#N)n12. The third kappa shape index (κ3) is 2.68. The Morgan fingerprint density at radius 1 is 0.840 bits per heavy atom. The second-order valence-corrected chi connectivity index (χ2v) is 6.05. The molecule has 0 fully saturated rings. The molecule has 120 valence electrons. The number of hydrogen-bond acceptors (Lipinski definition) is 2. The first-order chi connectivity index (χ1) is 12.3. The topological polar surface area (TPSA) is 41.1 Å². The number of imidazole rings is 1. The van der Waals surface area contributed by atoms with E-state index in [4.69, 9.17) is 4.98 Å². The van der Waals surface area contributed by atoms with Crippen LogP contribution in [0.15, 0.2) is 72.8 Å². The van der Waals surface area contributed by atoms with Gasteiger partial charge in [-0.15, -0.1) is 0 Å². The second-order valence-electron chi connectivity index (χ2n) is 6.05. The van der Waals surface area contributed by atoms with Gasteiger partial charge < -0.3 is 0 Å². The van der Waals surface area contributed by atoms with Crippen LogP contribution >= 0.6 is 0 Å². The highest BCUT2D eigenvalue weighted by atomic mass is 15.0. The lowest BCUT2D eigenvalue weighted by atomic mass is 10.0. The molecule has 4 rings (SSSR count). The number of fused-ring (bicyclic) bond motifs is 1. The van der Waals surface area contributed by atoms with E-state index in [0.29, 0.717) is 6.42 Å². The van der Waals surface area contributed by atoms with Gasteiger partial charge in [0, 0.05) is 11.3 Å². The summed E-state index contributed by atoms with van der Waals surface area (Å²) in [6.07, 6.45) is 0.335. The average molecular weight is 323 g/mol. The summed E-state index contributed by atoms with van der Waals surface area (Å²) in [7, 11) is 0. The van der Waals surface area contributed by atoms with Crippen LogP contribution in [0.4, 0.5) is 0 Å². The van der Waals surface area contributed by atoms with Gasteiger partial charge in [0.1, 0.15) is 5.65 Å². The fraction of sp³-hybridized carbons (Fsp3) is 0.0909. The minimum atomic E-state index is 0.335. The molecule has 3 heteroatoms. The lowest BCUT2D eigenvalue weighted by Gasteiger charge is -2.06. The summed E-state index contributed by atoms with van der Waals surface area (Å²) in [4.78, 5) is 4.78. The fourth-order valence-electron chi connectivity index (χ4n) is 3.25. The van der Waals surface area contributed by atoms with E-state index in [-0.39, 0.29) is 0 Å². The van der Waals surface area contributed by atoms with Crippen molar-refractivity contribution in [3.8, 4) is 28.5 Å². The molecule has 2 heterocycles. The molecule has 0 amide bonds. The van der Waals surface area contributed by atoms with E-state index in [1.165, 1.54) is 11.1 Å². The van der Waals surface area contributed by atoms with Gasteiger partial charge in [0.25, 0.3) is 0 Å². The van der Waals surface area contributed by atoms with Gasteiger partial charge in [-0.25, -0.2) is 4.98 Å². The Labute approximate surface area is 146 Å². The van der Waals surface area contributed by atoms with Gasteiger partial charge in [-0.3, -0.25) is 4.40 Å². The molecule has 0 saturated carbocycles. The molecule has 0 radical (unpaired) electrons. The van der Waals surface area contributed by atoms with E-state index < -0.39 is 0 Å². The maximum absolute atomic E-state index is 9.26. The monoisotopic (exact) mass is 323 g/mol. The molecule has 3 nitrogen and oxygen atoms in total. The molecule has 0 N–H and O–H groups in total. The van der Waals surface area contributed by atoms with E-state index in [1.807, 2.05) is 43.3 Å². The first-order valence-electron chi connectivity index (χ1n) is 8.27. The second kappa shape index (κ2) is 6.26. The standard InChI is InChI=1S/C22H17N3/c1-16-6-5-9-21-24-22(20(14-15-23)25(16)21)19-12-10-18(11-13-19)17-7-3-2-4-8-17/h2-13H,14H2,1H3. The maximum Gasteiger partial charge on any atom is 0.137 e. The predicted molar refractivity (Wildman–Crippen MR) is 100 cm³/mol. The van der Waals surface area contributed by atoms with Gasteiger partial charge in [-0.05, 0) is 30.2 Å². The zero-order valence-electron chi connectivity index (χ0n) is 14.0. The molecule has 0 saturated heterocycles. The van der Waals surface area contributed by atoms with Crippen LogP contribution in [-0.4, -0.2) is 9.38 Å². The Morgan fingerprint density at radius 2 is 1.52 bits per heavy atom. The smallest absolute Gasteiger partial charge is 0.137 e. The molecule has 2 aromatic heterocycles. The normalized spacial score (nSPS) is 10.7. The number of benzene rings is 2. The summed E-state index contributed by atoms with van der Waals surface area (Å²) < 4.78 is 2.07. The number of aryl methyl sites for hydroxylation is 1. The van der Waals surface area contributed by atoms with Gasteiger partial charge in [-0.2, -0.15) is 5.26 Å². The van der Waals surface area contributed by atoms with E-state index in [0.717, 1.165) is 28.3 Å². The molecule has 0 aliphatic heterocycles. The largest absolute Gasteiger partial charge is 0.300 e. The van der Waals surface area contributed by atoms with E-state index in [1.54, 1.807) is 0 Å². The molecular weight excluding hydrogens is 306 g/mol. The van der Waals surface area contributed by atoms with Gasteiger partial charge in [0.2, 0.25) is 0 Å². The quantitative estimate of drug-likeness (QED) is 0.530. The number of nitrogens with zero attached hydrogens (tertiary/aromatic N) is 3. The van der Waals surface area contributed by atoms with Gasteiger partial charge in [0.15, 0.2) is 0 Å².